The first-order valence-corrected chi connectivity index (χ1v) is 20.5. The first kappa shape index (κ1) is 33.0. The van der Waals surface area contributed by atoms with Crippen LogP contribution in [0.3, 0.4) is 0 Å². The molecular formula is C53H39NOS. The van der Waals surface area contributed by atoms with Crippen molar-refractivity contribution in [3.8, 4) is 22.3 Å². The second-order valence-electron chi connectivity index (χ2n) is 15.2. The standard InChI is InChI=1S/C53H39NOS/c1-34-14-11-22-42-38(34)20-12-21-39(42)36-28-30-41(35-15-3-2-4-16-35)49(32-36)54(48-25-13-23-46-45-19-7-10-27-52(45)56-53(46)48)47-24-8-5-17-40(47)37-29-31-44-43-18-6-9-26-50(43)55-51(44)33-37/h2-3,5-13,15,17-34H,4,14,16H2,1H3. The van der Waals surface area contributed by atoms with Crippen molar-refractivity contribution in [3.63, 3.8) is 0 Å². The van der Waals surface area contributed by atoms with Crippen LogP contribution in [0, 0.1) is 0 Å². The molecule has 56 heavy (non-hydrogen) atoms. The molecule has 2 aromatic heterocycles. The lowest BCUT2D eigenvalue weighted by atomic mass is 9.83. The highest BCUT2D eigenvalue weighted by Crippen LogP contribution is 2.50. The molecule has 2 aliphatic carbocycles. The molecule has 1 atom stereocenters. The molecule has 0 bridgehead atoms. The fourth-order valence-corrected chi connectivity index (χ4v) is 10.3. The van der Waals surface area contributed by atoms with E-state index in [4.69, 9.17) is 4.42 Å². The summed E-state index contributed by atoms with van der Waals surface area (Å²) >= 11 is 1.88. The summed E-state index contributed by atoms with van der Waals surface area (Å²) in [6.45, 7) is 2.34. The number of benzene rings is 7. The normalized spacial score (nSPS) is 15.2. The number of allylic oxidation sites excluding steroid dienone is 5. The fraction of sp³-hybridized carbons (Fsp3) is 0.0943. The summed E-state index contributed by atoms with van der Waals surface area (Å²) in [5.74, 6) is 0.492. The largest absolute Gasteiger partial charge is 0.456 e. The van der Waals surface area contributed by atoms with Crippen molar-refractivity contribution in [2.24, 2.45) is 0 Å². The van der Waals surface area contributed by atoms with Crippen molar-refractivity contribution >= 4 is 82.2 Å². The molecular weight excluding hydrogens is 699 g/mol. The van der Waals surface area contributed by atoms with Gasteiger partial charge < -0.3 is 9.32 Å². The zero-order chi connectivity index (χ0) is 37.2. The van der Waals surface area contributed by atoms with Gasteiger partial charge in [0.25, 0.3) is 0 Å². The van der Waals surface area contributed by atoms with Gasteiger partial charge in [-0.05, 0) is 101 Å². The Morgan fingerprint density at radius 3 is 2.27 bits per heavy atom. The van der Waals surface area contributed by atoms with Gasteiger partial charge in [0.1, 0.15) is 11.2 Å². The maximum absolute atomic E-state index is 6.46. The molecule has 0 spiro atoms. The van der Waals surface area contributed by atoms with E-state index >= 15 is 0 Å². The van der Waals surface area contributed by atoms with Crippen molar-refractivity contribution in [3.05, 3.63) is 187 Å². The van der Waals surface area contributed by atoms with E-state index in [1.165, 1.54) is 64.9 Å². The molecule has 3 heteroatoms. The maximum atomic E-state index is 6.46. The first-order valence-electron chi connectivity index (χ1n) is 19.7. The Labute approximate surface area is 331 Å². The lowest BCUT2D eigenvalue weighted by Crippen LogP contribution is -2.14. The monoisotopic (exact) mass is 737 g/mol. The highest BCUT2D eigenvalue weighted by Gasteiger charge is 2.26. The summed E-state index contributed by atoms with van der Waals surface area (Å²) in [4.78, 5) is 2.56. The third-order valence-corrected chi connectivity index (χ3v) is 13.0. The second-order valence-corrected chi connectivity index (χ2v) is 16.2. The van der Waals surface area contributed by atoms with Crippen LogP contribution >= 0.6 is 11.3 Å². The van der Waals surface area contributed by atoms with Crippen LogP contribution in [0.15, 0.2) is 174 Å². The van der Waals surface area contributed by atoms with Gasteiger partial charge >= 0.3 is 0 Å². The fourth-order valence-electron chi connectivity index (χ4n) is 9.05. The van der Waals surface area contributed by atoms with Crippen LogP contribution in [0.2, 0.25) is 0 Å². The molecule has 268 valence electrons. The molecule has 2 nitrogen and oxygen atoms in total. The summed E-state index contributed by atoms with van der Waals surface area (Å²) in [7, 11) is 0. The van der Waals surface area contributed by atoms with E-state index in [9.17, 15) is 0 Å². The highest BCUT2D eigenvalue weighted by atomic mass is 32.1. The van der Waals surface area contributed by atoms with Gasteiger partial charge in [0.2, 0.25) is 0 Å². The molecule has 1 unspecified atom stereocenters. The summed E-state index contributed by atoms with van der Waals surface area (Å²) in [5, 5.41) is 4.85. The molecule has 0 amide bonds. The molecule has 11 rings (SSSR count). The first-order chi connectivity index (χ1) is 27.7. The number of rotatable bonds is 6. The quantitative estimate of drug-likeness (QED) is 0.169. The summed E-state index contributed by atoms with van der Waals surface area (Å²) < 4.78 is 9.03. The zero-order valence-electron chi connectivity index (χ0n) is 31.2. The van der Waals surface area contributed by atoms with Crippen molar-refractivity contribution in [2.75, 3.05) is 4.90 Å². The summed E-state index contributed by atoms with van der Waals surface area (Å²) in [5.41, 5.74) is 15.4. The van der Waals surface area contributed by atoms with Crippen molar-refractivity contribution < 1.29 is 4.42 Å². The Kier molecular flexibility index (Phi) is 7.89. The van der Waals surface area contributed by atoms with Gasteiger partial charge in [0.05, 0.1) is 21.8 Å². The van der Waals surface area contributed by atoms with Crippen molar-refractivity contribution in [1.82, 2.24) is 0 Å². The average molecular weight is 738 g/mol. The van der Waals surface area contributed by atoms with Gasteiger partial charge in [-0.25, -0.2) is 0 Å². The number of para-hydroxylation sites is 2. The predicted molar refractivity (Wildman–Crippen MR) is 241 cm³/mol. The molecule has 0 aliphatic heterocycles. The number of anilines is 3. The van der Waals surface area contributed by atoms with Crippen LogP contribution in [-0.4, -0.2) is 0 Å². The van der Waals surface area contributed by atoms with Crippen LogP contribution in [0.4, 0.5) is 17.1 Å². The predicted octanol–water partition coefficient (Wildman–Crippen LogP) is 16.0. The van der Waals surface area contributed by atoms with Crippen molar-refractivity contribution in [2.45, 2.75) is 32.1 Å². The molecule has 2 heterocycles. The van der Waals surface area contributed by atoms with Gasteiger partial charge in [-0.2, -0.15) is 0 Å². The topological polar surface area (TPSA) is 16.4 Å². The lowest BCUT2D eigenvalue weighted by Gasteiger charge is -2.31. The van der Waals surface area contributed by atoms with E-state index < -0.39 is 0 Å². The second kappa shape index (κ2) is 13.4. The number of fused-ring (bicyclic) bond motifs is 7. The van der Waals surface area contributed by atoms with E-state index in [-0.39, 0.29) is 0 Å². The third kappa shape index (κ3) is 5.38. The van der Waals surface area contributed by atoms with Crippen LogP contribution in [0.5, 0.6) is 0 Å². The smallest absolute Gasteiger partial charge is 0.136 e. The average Bonchev–Trinajstić information content (AvgIpc) is 3.83. The van der Waals surface area contributed by atoms with Gasteiger partial charge in [-0.15, -0.1) is 11.3 Å². The van der Waals surface area contributed by atoms with Gasteiger partial charge in [-0.1, -0.05) is 140 Å². The number of thiophene rings is 1. The van der Waals surface area contributed by atoms with E-state index in [1.807, 2.05) is 17.4 Å². The van der Waals surface area contributed by atoms with Gasteiger partial charge in [0.15, 0.2) is 0 Å². The SMILES string of the molecule is CC1CC=Cc2c(-c3ccc(C4=CC=CCC4)c(N(c4ccccc4-c4ccc5c(c4)oc4ccccc45)c4cccc5c4sc4ccccc45)c3)cccc21. The molecule has 0 fully saturated rings. The Balaban J connectivity index is 1.21. The molecule has 7 aromatic carbocycles. The van der Waals surface area contributed by atoms with Crippen LogP contribution < -0.4 is 4.90 Å². The number of nitrogens with zero attached hydrogens (tertiary/aromatic N) is 1. The highest BCUT2D eigenvalue weighted by molar-refractivity contribution is 7.26. The van der Waals surface area contributed by atoms with E-state index in [0.717, 1.165) is 58.0 Å². The minimum Gasteiger partial charge on any atom is -0.456 e. The molecule has 0 saturated carbocycles. The van der Waals surface area contributed by atoms with E-state index in [2.05, 4.69) is 182 Å². The maximum Gasteiger partial charge on any atom is 0.136 e. The van der Waals surface area contributed by atoms with E-state index in [0.29, 0.717) is 5.92 Å². The summed E-state index contributed by atoms with van der Waals surface area (Å²) in [6.07, 6.45) is 14.6. The summed E-state index contributed by atoms with van der Waals surface area (Å²) in [6, 6.07) is 53.6. The van der Waals surface area contributed by atoms with Crippen LogP contribution in [-0.2, 0) is 0 Å². The molecule has 9 aromatic rings. The third-order valence-electron chi connectivity index (χ3n) is 11.8. The van der Waals surface area contributed by atoms with Gasteiger partial charge in [-0.3, -0.25) is 0 Å². The van der Waals surface area contributed by atoms with E-state index in [1.54, 1.807) is 0 Å². The Morgan fingerprint density at radius 2 is 1.34 bits per heavy atom. The van der Waals surface area contributed by atoms with Crippen LogP contribution in [0.25, 0.3) is 76.0 Å². The zero-order valence-corrected chi connectivity index (χ0v) is 32.0. The Hall–Kier alpha value is -6.42. The Bertz CT molecular complexity index is 3100. The number of hydrogen-bond donors (Lipinski definition) is 0. The van der Waals surface area contributed by atoms with Crippen molar-refractivity contribution in [1.29, 1.82) is 0 Å². The molecule has 0 saturated heterocycles. The van der Waals surface area contributed by atoms with Crippen LogP contribution in [0.1, 0.15) is 48.8 Å². The minimum atomic E-state index is 0.492. The lowest BCUT2D eigenvalue weighted by molar-refractivity contribution is 0.669. The number of hydrogen-bond acceptors (Lipinski definition) is 3. The van der Waals surface area contributed by atoms with Gasteiger partial charge in [0, 0.05) is 37.4 Å². The molecule has 2 aliphatic rings. The Morgan fingerprint density at radius 1 is 0.589 bits per heavy atom. The molecule has 0 radical (unpaired) electrons. The number of furan rings is 1. The molecule has 0 N–H and O–H groups in total. The minimum absolute atomic E-state index is 0.492.